The van der Waals surface area contributed by atoms with Crippen molar-refractivity contribution in [1.29, 1.82) is 0 Å². The molecule has 1 aliphatic heterocycles. The third-order valence-electron chi connectivity index (χ3n) is 3.14. The van der Waals surface area contributed by atoms with Gasteiger partial charge < -0.3 is 14.6 Å². The van der Waals surface area contributed by atoms with Crippen LogP contribution in [-0.4, -0.2) is 51.4 Å². The molecule has 2 unspecified atom stereocenters. The van der Waals surface area contributed by atoms with E-state index in [9.17, 15) is 0 Å². The van der Waals surface area contributed by atoms with Crippen molar-refractivity contribution < 1.29 is 9.26 Å². The number of nitrogens with one attached hydrogen (secondary N) is 2. The summed E-state index contributed by atoms with van der Waals surface area (Å²) in [5.74, 6) is 1.13. The highest BCUT2D eigenvalue weighted by atomic mass is 16.5. The lowest BCUT2D eigenvalue weighted by Crippen LogP contribution is -2.34. The Kier molecular flexibility index (Phi) is 3.51. The third-order valence-corrected chi connectivity index (χ3v) is 3.14. The van der Waals surface area contributed by atoms with Gasteiger partial charge in [0.2, 0.25) is 11.7 Å². The fourth-order valence-corrected chi connectivity index (χ4v) is 2.13. The molecule has 2 aromatic heterocycles. The molecular weight excluding hydrogens is 248 g/mol. The van der Waals surface area contributed by atoms with Crippen molar-refractivity contribution in [3.8, 4) is 11.5 Å². The van der Waals surface area contributed by atoms with E-state index in [1.807, 2.05) is 0 Å². The quantitative estimate of drug-likeness (QED) is 0.802. The number of nitrogens with zero attached hydrogens (tertiary/aromatic N) is 4. The van der Waals surface area contributed by atoms with Crippen molar-refractivity contribution in [3.63, 3.8) is 0 Å². The molecule has 1 aliphatic rings. The molecule has 102 valence electrons. The van der Waals surface area contributed by atoms with E-state index in [2.05, 4.69) is 37.8 Å². The fraction of sp³-hybridized carbons (Fsp3) is 0.636. The number of H-pyrrole nitrogens is 1. The van der Waals surface area contributed by atoms with Gasteiger partial charge in [-0.2, -0.15) is 20.4 Å². The molecule has 1 fully saturated rings. The molecule has 2 atom stereocenters. The summed E-state index contributed by atoms with van der Waals surface area (Å²) in [6.45, 7) is 4.36. The Morgan fingerprint density at radius 3 is 3.21 bits per heavy atom. The molecule has 2 aromatic rings. The van der Waals surface area contributed by atoms with E-state index >= 15 is 0 Å². The van der Waals surface area contributed by atoms with E-state index in [4.69, 9.17) is 9.26 Å². The molecule has 0 bridgehead atoms. The first-order valence-electron chi connectivity index (χ1n) is 6.39. The van der Waals surface area contributed by atoms with E-state index in [0.29, 0.717) is 30.6 Å². The van der Waals surface area contributed by atoms with Crippen molar-refractivity contribution >= 4 is 0 Å². The molecule has 8 heteroatoms. The van der Waals surface area contributed by atoms with Gasteiger partial charge in [0, 0.05) is 6.04 Å². The van der Waals surface area contributed by atoms with Gasteiger partial charge in [0.1, 0.15) is 0 Å². The summed E-state index contributed by atoms with van der Waals surface area (Å²) >= 11 is 0. The minimum Gasteiger partial charge on any atom is -0.379 e. The second kappa shape index (κ2) is 5.45. The topological polar surface area (TPSA) is 102 Å². The van der Waals surface area contributed by atoms with Gasteiger partial charge in [0.25, 0.3) is 0 Å². The second-order valence-electron chi connectivity index (χ2n) is 4.52. The monoisotopic (exact) mass is 264 g/mol. The number of aromatic amines is 1. The van der Waals surface area contributed by atoms with Gasteiger partial charge in [0.15, 0.2) is 5.69 Å². The van der Waals surface area contributed by atoms with Gasteiger partial charge in [0.05, 0.1) is 25.3 Å². The lowest BCUT2D eigenvalue weighted by atomic mass is 10.0. The van der Waals surface area contributed by atoms with Gasteiger partial charge in [-0.15, -0.1) is 0 Å². The first kappa shape index (κ1) is 12.2. The number of hydrogen-bond acceptors (Lipinski definition) is 7. The van der Waals surface area contributed by atoms with E-state index in [0.717, 1.165) is 13.0 Å². The minimum atomic E-state index is 0.0969. The molecule has 0 amide bonds. The van der Waals surface area contributed by atoms with E-state index in [1.54, 1.807) is 6.20 Å². The van der Waals surface area contributed by atoms with Crippen LogP contribution in [-0.2, 0) is 4.74 Å². The standard InChI is InChI=1S/C11H16N6O2/c1-2-3-12-9-6-18-5-7(9)11-14-10(16-19-11)8-4-13-17-15-8/h4,7,9,12H,2-3,5-6H2,1H3,(H,13,15,17). The minimum absolute atomic E-state index is 0.0969. The highest BCUT2D eigenvalue weighted by molar-refractivity contribution is 5.44. The maximum atomic E-state index is 5.50. The zero-order valence-corrected chi connectivity index (χ0v) is 10.7. The van der Waals surface area contributed by atoms with Crippen LogP contribution in [0.5, 0.6) is 0 Å². The Morgan fingerprint density at radius 1 is 1.47 bits per heavy atom. The Morgan fingerprint density at radius 2 is 2.42 bits per heavy atom. The summed E-state index contributed by atoms with van der Waals surface area (Å²) in [7, 11) is 0. The van der Waals surface area contributed by atoms with Crippen LogP contribution in [0.3, 0.4) is 0 Å². The van der Waals surface area contributed by atoms with Crippen LogP contribution < -0.4 is 5.32 Å². The smallest absolute Gasteiger partial charge is 0.234 e. The fourth-order valence-electron chi connectivity index (χ4n) is 2.13. The summed E-state index contributed by atoms with van der Waals surface area (Å²) in [5, 5.41) is 17.5. The zero-order valence-electron chi connectivity index (χ0n) is 10.7. The highest BCUT2D eigenvalue weighted by Gasteiger charge is 2.33. The second-order valence-corrected chi connectivity index (χ2v) is 4.52. The molecule has 3 rings (SSSR count). The summed E-state index contributed by atoms with van der Waals surface area (Å²) < 4.78 is 10.8. The molecule has 0 saturated carbocycles. The molecule has 2 N–H and O–H groups in total. The maximum Gasteiger partial charge on any atom is 0.234 e. The van der Waals surface area contributed by atoms with Gasteiger partial charge in [-0.25, -0.2) is 0 Å². The first-order valence-corrected chi connectivity index (χ1v) is 6.39. The van der Waals surface area contributed by atoms with Crippen LogP contribution in [0.15, 0.2) is 10.7 Å². The predicted molar refractivity (Wildman–Crippen MR) is 65.3 cm³/mol. The molecule has 0 spiro atoms. The third kappa shape index (κ3) is 2.49. The van der Waals surface area contributed by atoms with E-state index in [-0.39, 0.29) is 12.0 Å². The molecule has 3 heterocycles. The summed E-state index contributed by atoms with van der Waals surface area (Å²) in [6.07, 6.45) is 2.64. The molecular formula is C11H16N6O2. The van der Waals surface area contributed by atoms with Gasteiger partial charge in [-0.05, 0) is 13.0 Å². The maximum absolute atomic E-state index is 5.50. The van der Waals surface area contributed by atoms with Gasteiger partial charge >= 0.3 is 0 Å². The lowest BCUT2D eigenvalue weighted by Gasteiger charge is -2.14. The van der Waals surface area contributed by atoms with Crippen LogP contribution in [0.1, 0.15) is 25.2 Å². The van der Waals surface area contributed by atoms with Crippen molar-refractivity contribution in [2.45, 2.75) is 25.3 Å². The summed E-state index contributed by atoms with van der Waals surface area (Å²) in [4.78, 5) is 4.37. The summed E-state index contributed by atoms with van der Waals surface area (Å²) in [6, 6.07) is 0.227. The average Bonchev–Trinajstić information content (AvgIpc) is 3.14. The molecule has 19 heavy (non-hydrogen) atoms. The number of hydrogen-bond donors (Lipinski definition) is 2. The Balaban J connectivity index is 1.75. The number of aromatic nitrogens is 5. The largest absolute Gasteiger partial charge is 0.379 e. The Labute approximate surface area is 109 Å². The molecule has 1 saturated heterocycles. The molecule has 0 aromatic carbocycles. The number of rotatable bonds is 5. The zero-order chi connectivity index (χ0) is 13.1. The normalized spacial score (nSPS) is 23.0. The SMILES string of the molecule is CCCNC1COCC1c1nc(-c2cn[nH]n2)no1. The first-order chi connectivity index (χ1) is 9.38. The lowest BCUT2D eigenvalue weighted by molar-refractivity contribution is 0.184. The Hall–Kier alpha value is -1.80. The molecule has 0 aliphatic carbocycles. The van der Waals surface area contributed by atoms with Crippen molar-refractivity contribution in [3.05, 3.63) is 12.1 Å². The van der Waals surface area contributed by atoms with Crippen LogP contribution in [0, 0.1) is 0 Å². The van der Waals surface area contributed by atoms with E-state index in [1.165, 1.54) is 0 Å². The van der Waals surface area contributed by atoms with Crippen LogP contribution in [0.2, 0.25) is 0 Å². The predicted octanol–water partition coefficient (Wildman–Crippen LogP) is 0.337. The number of ether oxygens (including phenoxy) is 1. The van der Waals surface area contributed by atoms with Crippen molar-refractivity contribution in [2.75, 3.05) is 19.8 Å². The molecule has 8 nitrogen and oxygen atoms in total. The van der Waals surface area contributed by atoms with Gasteiger partial charge in [-0.3, -0.25) is 0 Å². The van der Waals surface area contributed by atoms with Crippen molar-refractivity contribution in [1.82, 2.24) is 30.9 Å². The average molecular weight is 264 g/mol. The van der Waals surface area contributed by atoms with E-state index < -0.39 is 0 Å². The Bertz CT molecular complexity index is 511. The molecule has 0 radical (unpaired) electrons. The van der Waals surface area contributed by atoms with Crippen LogP contribution >= 0.6 is 0 Å². The van der Waals surface area contributed by atoms with Gasteiger partial charge in [-0.1, -0.05) is 12.1 Å². The van der Waals surface area contributed by atoms with Crippen molar-refractivity contribution in [2.24, 2.45) is 0 Å². The van der Waals surface area contributed by atoms with Crippen LogP contribution in [0.25, 0.3) is 11.5 Å². The summed E-state index contributed by atoms with van der Waals surface area (Å²) in [5.41, 5.74) is 0.576. The highest BCUT2D eigenvalue weighted by Crippen LogP contribution is 2.25. The van der Waals surface area contributed by atoms with Crippen LogP contribution in [0.4, 0.5) is 0 Å².